The van der Waals surface area contributed by atoms with E-state index in [1.165, 1.54) is 0 Å². The summed E-state index contributed by atoms with van der Waals surface area (Å²) >= 11 is 5.43. The number of amides is 1. The monoisotopic (exact) mass is 349 g/mol. The Morgan fingerprint density at radius 1 is 1.42 bits per heavy atom. The van der Waals surface area contributed by atoms with Crippen LogP contribution in [0, 0.1) is 0 Å². The van der Waals surface area contributed by atoms with E-state index in [2.05, 4.69) is 10.6 Å². The molecule has 1 fully saturated rings. The molecule has 0 spiro atoms. The topological polar surface area (TPSA) is 70.7 Å². The summed E-state index contributed by atoms with van der Waals surface area (Å²) in [6.45, 7) is 3.46. The van der Waals surface area contributed by atoms with E-state index in [1.807, 2.05) is 37.3 Å². The molecular formula is C17H23N3O3S. The van der Waals surface area contributed by atoms with Crippen LogP contribution in [0.25, 0.3) is 0 Å². The molecule has 2 N–H and O–H groups in total. The Balaban J connectivity index is 1.98. The number of hydrogen-bond acceptors (Lipinski definition) is 4. The van der Waals surface area contributed by atoms with Gasteiger partial charge in [-0.05, 0) is 30.8 Å². The van der Waals surface area contributed by atoms with Crippen LogP contribution in [0.2, 0.25) is 0 Å². The Bertz CT molecular complexity index is 580. The number of thiocarbonyl (C=S) groups is 1. The maximum Gasteiger partial charge on any atom is 0.308 e. The highest BCUT2D eigenvalue weighted by atomic mass is 32.1. The van der Waals surface area contributed by atoms with Gasteiger partial charge >= 0.3 is 5.97 Å². The number of benzene rings is 1. The van der Waals surface area contributed by atoms with Crippen LogP contribution in [0.3, 0.4) is 0 Å². The first-order valence-electron chi connectivity index (χ1n) is 8.18. The van der Waals surface area contributed by atoms with E-state index in [1.54, 1.807) is 4.90 Å². The van der Waals surface area contributed by atoms with Gasteiger partial charge in [-0.25, -0.2) is 0 Å². The molecule has 1 aromatic rings. The zero-order chi connectivity index (χ0) is 17.4. The minimum absolute atomic E-state index is 0.00778. The van der Waals surface area contributed by atoms with Crippen molar-refractivity contribution in [2.24, 2.45) is 0 Å². The number of carbonyl (C=O) groups is 2. The summed E-state index contributed by atoms with van der Waals surface area (Å²) in [6, 6.07) is 8.86. The first-order chi connectivity index (χ1) is 11.6. The summed E-state index contributed by atoms with van der Waals surface area (Å²) in [5.41, 5.74) is 0.845. The first kappa shape index (κ1) is 18.2. The average Bonchev–Trinajstić information content (AvgIpc) is 2.58. The largest absolute Gasteiger partial charge is 0.466 e. The van der Waals surface area contributed by atoms with E-state index in [0.717, 1.165) is 18.5 Å². The van der Waals surface area contributed by atoms with Crippen molar-refractivity contribution >= 4 is 34.9 Å². The molecule has 130 valence electrons. The van der Waals surface area contributed by atoms with Gasteiger partial charge in [0.1, 0.15) is 6.04 Å². The number of nitrogens with zero attached hydrogens (tertiary/aromatic N) is 1. The van der Waals surface area contributed by atoms with Gasteiger partial charge in [0, 0.05) is 18.8 Å². The fourth-order valence-corrected chi connectivity index (χ4v) is 2.76. The molecule has 0 unspecified atom stereocenters. The molecule has 1 aromatic carbocycles. The lowest BCUT2D eigenvalue weighted by Gasteiger charge is -2.36. The summed E-state index contributed by atoms with van der Waals surface area (Å²) in [7, 11) is 0. The van der Waals surface area contributed by atoms with Gasteiger partial charge in [0.2, 0.25) is 5.91 Å². The van der Waals surface area contributed by atoms with Crippen molar-refractivity contribution in [3.63, 3.8) is 0 Å². The SMILES string of the molecule is CCCCOC(=O)C[C@H]1C(=O)NCCN1C(=S)Nc1ccccc1. The smallest absolute Gasteiger partial charge is 0.308 e. The van der Waals surface area contributed by atoms with E-state index >= 15 is 0 Å². The minimum Gasteiger partial charge on any atom is -0.466 e. The number of esters is 1. The van der Waals surface area contributed by atoms with Crippen molar-refractivity contribution in [3.8, 4) is 0 Å². The molecule has 24 heavy (non-hydrogen) atoms. The minimum atomic E-state index is -0.642. The zero-order valence-electron chi connectivity index (χ0n) is 13.8. The number of hydrogen-bond donors (Lipinski definition) is 2. The van der Waals surface area contributed by atoms with Gasteiger partial charge in [-0.15, -0.1) is 0 Å². The Hall–Kier alpha value is -2.15. The number of piperazine rings is 1. The maximum absolute atomic E-state index is 12.2. The van der Waals surface area contributed by atoms with Crippen molar-refractivity contribution < 1.29 is 14.3 Å². The molecule has 1 aliphatic heterocycles. The normalized spacial score (nSPS) is 17.1. The van der Waals surface area contributed by atoms with Crippen LogP contribution in [-0.2, 0) is 14.3 Å². The molecule has 1 aliphatic rings. The van der Waals surface area contributed by atoms with Crippen molar-refractivity contribution in [1.29, 1.82) is 0 Å². The Kier molecular flexibility index (Phi) is 6.99. The lowest BCUT2D eigenvalue weighted by Crippen LogP contribution is -2.58. The van der Waals surface area contributed by atoms with E-state index in [0.29, 0.717) is 24.8 Å². The summed E-state index contributed by atoms with van der Waals surface area (Å²) < 4.78 is 5.17. The van der Waals surface area contributed by atoms with E-state index in [4.69, 9.17) is 17.0 Å². The molecule has 1 heterocycles. The van der Waals surface area contributed by atoms with Gasteiger partial charge in [0.15, 0.2) is 5.11 Å². The molecular weight excluding hydrogens is 326 g/mol. The quantitative estimate of drug-likeness (QED) is 0.464. The number of nitrogens with one attached hydrogen (secondary N) is 2. The van der Waals surface area contributed by atoms with Gasteiger partial charge in [-0.2, -0.15) is 0 Å². The Labute approximate surface area is 147 Å². The summed E-state index contributed by atoms with van der Waals surface area (Å²) in [4.78, 5) is 25.9. The van der Waals surface area contributed by atoms with Gasteiger partial charge in [0.05, 0.1) is 13.0 Å². The number of ether oxygens (including phenoxy) is 1. The number of unbranched alkanes of at least 4 members (excludes halogenated alkanes) is 1. The molecule has 6 nitrogen and oxygen atoms in total. The summed E-state index contributed by atoms with van der Waals surface area (Å²) in [5.74, 6) is -0.580. The van der Waals surface area contributed by atoms with Crippen LogP contribution in [0.5, 0.6) is 0 Å². The van der Waals surface area contributed by atoms with Crippen molar-refractivity contribution in [2.45, 2.75) is 32.2 Å². The van der Waals surface area contributed by atoms with Crippen LogP contribution in [0.15, 0.2) is 30.3 Å². The third-order valence-electron chi connectivity index (χ3n) is 3.74. The average molecular weight is 349 g/mol. The van der Waals surface area contributed by atoms with Gasteiger partial charge in [-0.1, -0.05) is 31.5 Å². The van der Waals surface area contributed by atoms with Crippen LogP contribution >= 0.6 is 12.2 Å². The number of rotatable bonds is 6. The lowest BCUT2D eigenvalue weighted by atomic mass is 10.1. The second kappa shape index (κ2) is 9.22. The lowest BCUT2D eigenvalue weighted by molar-refractivity contribution is -0.147. The molecule has 0 aliphatic carbocycles. The highest BCUT2D eigenvalue weighted by Gasteiger charge is 2.33. The highest BCUT2D eigenvalue weighted by Crippen LogP contribution is 2.14. The Morgan fingerprint density at radius 2 is 2.17 bits per heavy atom. The Morgan fingerprint density at radius 3 is 2.88 bits per heavy atom. The first-order valence-corrected chi connectivity index (χ1v) is 8.58. The second-order valence-electron chi connectivity index (χ2n) is 5.57. The van der Waals surface area contributed by atoms with Crippen molar-refractivity contribution in [2.75, 3.05) is 25.0 Å². The van der Waals surface area contributed by atoms with Crippen LogP contribution in [0.1, 0.15) is 26.2 Å². The van der Waals surface area contributed by atoms with Crippen LogP contribution in [0.4, 0.5) is 5.69 Å². The van der Waals surface area contributed by atoms with E-state index in [-0.39, 0.29) is 18.3 Å². The third kappa shape index (κ3) is 5.19. The molecule has 0 saturated carbocycles. The van der Waals surface area contributed by atoms with Crippen molar-refractivity contribution in [1.82, 2.24) is 10.2 Å². The molecule has 0 aromatic heterocycles. The fourth-order valence-electron chi connectivity index (χ4n) is 2.42. The number of anilines is 1. The molecule has 0 radical (unpaired) electrons. The van der Waals surface area contributed by atoms with Gasteiger partial charge in [0.25, 0.3) is 0 Å². The highest BCUT2D eigenvalue weighted by molar-refractivity contribution is 7.80. The molecule has 1 saturated heterocycles. The predicted octanol–water partition coefficient (Wildman–Crippen LogP) is 1.92. The molecule has 1 amide bonds. The third-order valence-corrected chi connectivity index (χ3v) is 4.07. The summed E-state index contributed by atoms with van der Waals surface area (Å²) in [6.07, 6.45) is 1.76. The zero-order valence-corrected chi connectivity index (χ0v) is 14.6. The second-order valence-corrected chi connectivity index (χ2v) is 5.96. The predicted molar refractivity (Wildman–Crippen MR) is 96.7 cm³/mol. The molecule has 1 atom stereocenters. The van der Waals surface area contributed by atoms with Crippen LogP contribution in [-0.4, -0.2) is 47.6 Å². The molecule has 2 rings (SSSR count). The maximum atomic E-state index is 12.2. The fraction of sp³-hybridized carbons (Fsp3) is 0.471. The molecule has 7 heteroatoms. The number of para-hydroxylation sites is 1. The van der Waals surface area contributed by atoms with E-state index < -0.39 is 6.04 Å². The van der Waals surface area contributed by atoms with Gasteiger partial charge in [-0.3, -0.25) is 9.59 Å². The summed E-state index contributed by atoms with van der Waals surface area (Å²) in [5, 5.41) is 6.32. The standard InChI is InChI=1S/C17H23N3O3S/c1-2-3-11-23-15(21)12-14-16(22)18-9-10-20(14)17(24)19-13-7-5-4-6-8-13/h4-8,14H,2-3,9-12H2,1H3,(H,18,22)(H,19,24)/t14-/m0/s1. The number of carbonyl (C=O) groups excluding carboxylic acids is 2. The van der Waals surface area contributed by atoms with Gasteiger partial charge < -0.3 is 20.3 Å². The molecule has 0 bridgehead atoms. The van der Waals surface area contributed by atoms with Crippen molar-refractivity contribution in [3.05, 3.63) is 30.3 Å². The van der Waals surface area contributed by atoms with E-state index in [9.17, 15) is 9.59 Å². The van der Waals surface area contributed by atoms with Crippen LogP contribution < -0.4 is 10.6 Å².